The van der Waals surface area contributed by atoms with Gasteiger partial charge in [-0.25, -0.2) is 19.3 Å². The Morgan fingerprint density at radius 3 is 2.90 bits per heavy atom. The molecule has 10 heteroatoms. The summed E-state index contributed by atoms with van der Waals surface area (Å²) in [5.41, 5.74) is 1.92. The number of aliphatic hydroxyl groups is 1. The molecule has 2 N–H and O–H groups in total. The first kappa shape index (κ1) is 20.6. The van der Waals surface area contributed by atoms with Crippen LogP contribution in [0.4, 0.5) is 10.3 Å². The maximum absolute atomic E-state index is 14.9. The van der Waals surface area contributed by atoms with E-state index in [9.17, 15) is 9.50 Å². The summed E-state index contributed by atoms with van der Waals surface area (Å²) < 4.78 is 27.9. The number of hydrogen-bond acceptors (Lipinski definition) is 7. The van der Waals surface area contributed by atoms with Gasteiger partial charge in [0.15, 0.2) is 12.1 Å². The van der Waals surface area contributed by atoms with Crippen LogP contribution in [0.15, 0.2) is 18.3 Å². The number of aromatic nitrogens is 4. The molecule has 8 nitrogen and oxygen atoms in total. The van der Waals surface area contributed by atoms with Crippen LogP contribution >= 0.6 is 11.6 Å². The van der Waals surface area contributed by atoms with Gasteiger partial charge in [0.05, 0.1) is 41.2 Å². The van der Waals surface area contributed by atoms with Crippen LogP contribution in [0.25, 0.3) is 22.3 Å². The lowest BCUT2D eigenvalue weighted by Gasteiger charge is -2.32. The van der Waals surface area contributed by atoms with Crippen molar-refractivity contribution in [1.29, 1.82) is 0 Å². The van der Waals surface area contributed by atoms with E-state index in [0.29, 0.717) is 46.3 Å². The SMILES string of the molecule is Cc1nc2c(F)cc(-c3nc(N[C@@H]4C[C@H]5CO[C@H](O5)[C@H]4O)ncc3Cl)cc2n1C(C)C. The smallest absolute Gasteiger partial charge is 0.223 e. The van der Waals surface area contributed by atoms with Crippen molar-refractivity contribution in [2.24, 2.45) is 0 Å². The molecule has 4 heterocycles. The van der Waals surface area contributed by atoms with E-state index in [4.69, 9.17) is 21.1 Å². The van der Waals surface area contributed by atoms with Crippen molar-refractivity contribution < 1.29 is 19.0 Å². The third-order valence-electron chi connectivity index (χ3n) is 5.75. The largest absolute Gasteiger partial charge is 0.386 e. The molecule has 0 saturated carbocycles. The number of nitrogens with one attached hydrogen (secondary N) is 1. The van der Waals surface area contributed by atoms with Crippen LogP contribution in [0.1, 0.15) is 32.1 Å². The summed E-state index contributed by atoms with van der Waals surface area (Å²) in [6, 6.07) is 3.01. The monoisotopic (exact) mass is 447 g/mol. The van der Waals surface area contributed by atoms with Crippen molar-refractivity contribution in [3.05, 3.63) is 35.0 Å². The van der Waals surface area contributed by atoms with Gasteiger partial charge in [-0.3, -0.25) is 0 Å². The fourth-order valence-corrected chi connectivity index (χ4v) is 4.59. The fraction of sp³-hybridized carbons (Fsp3) is 0.476. The number of aliphatic hydroxyl groups excluding tert-OH is 1. The number of ether oxygens (including phenoxy) is 2. The molecule has 4 atom stereocenters. The predicted molar refractivity (Wildman–Crippen MR) is 113 cm³/mol. The van der Waals surface area contributed by atoms with Gasteiger partial charge in [0.2, 0.25) is 5.95 Å². The third kappa shape index (κ3) is 3.55. The highest BCUT2D eigenvalue weighted by molar-refractivity contribution is 6.33. The van der Waals surface area contributed by atoms with E-state index in [1.807, 2.05) is 31.4 Å². The number of fused-ring (bicyclic) bond motifs is 3. The van der Waals surface area contributed by atoms with Crippen LogP contribution in [0.3, 0.4) is 0 Å². The Morgan fingerprint density at radius 1 is 1.32 bits per heavy atom. The molecular formula is C21H23ClFN5O3. The normalized spacial score (nSPS) is 25.5. The quantitative estimate of drug-likeness (QED) is 0.632. The molecule has 2 saturated heterocycles. The zero-order valence-corrected chi connectivity index (χ0v) is 18.1. The van der Waals surface area contributed by atoms with E-state index in [2.05, 4.69) is 20.3 Å². The second kappa shape index (κ2) is 7.67. The lowest BCUT2D eigenvalue weighted by Crippen LogP contribution is -2.48. The molecule has 2 aromatic heterocycles. The zero-order valence-electron chi connectivity index (χ0n) is 17.3. The predicted octanol–water partition coefficient (Wildman–Crippen LogP) is 3.46. The molecular weight excluding hydrogens is 425 g/mol. The maximum atomic E-state index is 14.9. The summed E-state index contributed by atoms with van der Waals surface area (Å²) >= 11 is 6.38. The first-order valence-corrected chi connectivity index (χ1v) is 10.6. The van der Waals surface area contributed by atoms with E-state index in [1.54, 1.807) is 0 Å². The van der Waals surface area contributed by atoms with Crippen molar-refractivity contribution in [1.82, 2.24) is 19.5 Å². The van der Waals surface area contributed by atoms with Crippen LogP contribution in [0, 0.1) is 12.7 Å². The lowest BCUT2D eigenvalue weighted by molar-refractivity contribution is -0.156. The van der Waals surface area contributed by atoms with Gasteiger partial charge in [0.25, 0.3) is 0 Å². The number of benzene rings is 1. The van der Waals surface area contributed by atoms with Crippen molar-refractivity contribution in [3.8, 4) is 11.3 Å². The van der Waals surface area contributed by atoms with Crippen molar-refractivity contribution in [2.45, 2.75) is 57.8 Å². The Labute approximate surface area is 183 Å². The number of anilines is 1. The Morgan fingerprint density at radius 2 is 2.13 bits per heavy atom. The summed E-state index contributed by atoms with van der Waals surface area (Å²) in [7, 11) is 0. The Balaban J connectivity index is 1.52. The van der Waals surface area contributed by atoms with Crippen molar-refractivity contribution in [2.75, 3.05) is 11.9 Å². The van der Waals surface area contributed by atoms with E-state index in [1.165, 1.54) is 12.3 Å². The van der Waals surface area contributed by atoms with Gasteiger partial charge >= 0.3 is 0 Å². The van der Waals surface area contributed by atoms with Crippen LogP contribution < -0.4 is 5.32 Å². The molecule has 0 amide bonds. The van der Waals surface area contributed by atoms with Crippen LogP contribution in [-0.4, -0.2) is 55.8 Å². The standard InChI is InChI=1S/C21H23ClFN5O3/c1-9(2)28-10(3)25-18-14(23)4-11(5-16(18)28)17-13(22)7-24-21(27-17)26-15-6-12-8-30-20(31-12)19(15)29/h4-5,7,9,12,15,19-20,29H,6,8H2,1-3H3,(H,24,26,27)/t12-,15+,19-,20+/m0/s1. The average Bonchev–Trinajstić information content (AvgIpc) is 3.28. The van der Waals surface area contributed by atoms with Gasteiger partial charge in [-0.1, -0.05) is 11.6 Å². The molecule has 2 bridgehead atoms. The first-order chi connectivity index (χ1) is 14.8. The summed E-state index contributed by atoms with van der Waals surface area (Å²) in [5, 5.41) is 13.9. The second-order valence-electron chi connectivity index (χ2n) is 8.28. The highest BCUT2D eigenvalue weighted by atomic mass is 35.5. The van der Waals surface area contributed by atoms with Crippen molar-refractivity contribution in [3.63, 3.8) is 0 Å². The molecule has 164 valence electrons. The number of nitrogens with zero attached hydrogens (tertiary/aromatic N) is 4. The lowest BCUT2D eigenvalue weighted by atomic mass is 10.0. The van der Waals surface area contributed by atoms with E-state index >= 15 is 0 Å². The summed E-state index contributed by atoms with van der Waals surface area (Å²) in [5.74, 6) is 0.592. The highest BCUT2D eigenvalue weighted by Gasteiger charge is 2.43. The van der Waals surface area contributed by atoms with Gasteiger partial charge < -0.3 is 24.5 Å². The molecule has 0 radical (unpaired) electrons. The highest BCUT2D eigenvalue weighted by Crippen LogP contribution is 2.33. The average molecular weight is 448 g/mol. The van der Waals surface area contributed by atoms with Crippen LogP contribution in [-0.2, 0) is 9.47 Å². The molecule has 1 aromatic carbocycles. The Bertz CT molecular complexity index is 1150. The maximum Gasteiger partial charge on any atom is 0.223 e. The number of aryl methyl sites for hydroxylation is 1. The molecule has 2 aliphatic rings. The number of imidazole rings is 1. The molecule has 3 aromatic rings. The Kier molecular flexibility index (Phi) is 5.09. The number of rotatable bonds is 4. The minimum Gasteiger partial charge on any atom is -0.386 e. The van der Waals surface area contributed by atoms with Crippen LogP contribution in [0.5, 0.6) is 0 Å². The topological polar surface area (TPSA) is 94.3 Å². The van der Waals surface area contributed by atoms with Crippen LogP contribution in [0.2, 0.25) is 5.02 Å². The molecule has 2 fully saturated rings. The summed E-state index contributed by atoms with van der Waals surface area (Å²) in [6.45, 7) is 6.35. The second-order valence-corrected chi connectivity index (χ2v) is 8.68. The first-order valence-electron chi connectivity index (χ1n) is 10.2. The summed E-state index contributed by atoms with van der Waals surface area (Å²) in [4.78, 5) is 13.1. The number of halogens is 2. The molecule has 0 unspecified atom stereocenters. The third-order valence-corrected chi connectivity index (χ3v) is 6.03. The van der Waals surface area contributed by atoms with Gasteiger partial charge in [0, 0.05) is 11.6 Å². The molecule has 2 aliphatic heterocycles. The van der Waals surface area contributed by atoms with E-state index in [0.717, 1.165) is 5.82 Å². The minimum atomic E-state index is -0.848. The molecule has 5 rings (SSSR count). The fourth-order valence-electron chi connectivity index (χ4n) is 4.39. The molecule has 0 aliphatic carbocycles. The Hall–Kier alpha value is -2.33. The summed E-state index contributed by atoms with van der Waals surface area (Å²) in [6.07, 6.45) is 0.453. The van der Waals surface area contributed by atoms with Gasteiger partial charge in [-0.05, 0) is 39.3 Å². The molecule has 0 spiro atoms. The van der Waals surface area contributed by atoms with Gasteiger partial charge in [-0.2, -0.15) is 0 Å². The van der Waals surface area contributed by atoms with E-state index in [-0.39, 0.29) is 18.2 Å². The van der Waals surface area contributed by atoms with Gasteiger partial charge in [0.1, 0.15) is 17.4 Å². The van der Waals surface area contributed by atoms with Crippen molar-refractivity contribution >= 4 is 28.6 Å². The minimum absolute atomic E-state index is 0.0752. The zero-order chi connectivity index (χ0) is 21.9. The van der Waals surface area contributed by atoms with Gasteiger partial charge in [-0.15, -0.1) is 0 Å². The van der Waals surface area contributed by atoms with E-state index < -0.39 is 18.2 Å². The molecule has 31 heavy (non-hydrogen) atoms. The number of hydrogen-bond donors (Lipinski definition) is 2.